The zero-order chi connectivity index (χ0) is 13.7. The second-order valence-corrected chi connectivity index (χ2v) is 6.06. The largest absolute Gasteiger partial charge is 0.392 e. The van der Waals surface area contributed by atoms with Crippen LogP contribution >= 0.6 is 11.3 Å². The van der Waals surface area contributed by atoms with Crippen LogP contribution in [0.4, 0.5) is 0 Å². The maximum atomic E-state index is 10.8. The summed E-state index contributed by atoms with van der Waals surface area (Å²) in [7, 11) is 0. The van der Waals surface area contributed by atoms with Crippen LogP contribution in [0.25, 0.3) is 0 Å². The van der Waals surface area contributed by atoms with Crippen LogP contribution in [0.1, 0.15) is 37.1 Å². The van der Waals surface area contributed by atoms with Crippen molar-refractivity contribution in [2.24, 2.45) is 0 Å². The van der Waals surface area contributed by atoms with Crippen molar-refractivity contribution in [1.82, 2.24) is 0 Å². The Hall–Kier alpha value is -1.12. The molecule has 1 heterocycles. The summed E-state index contributed by atoms with van der Waals surface area (Å²) in [6.45, 7) is 4.35. The van der Waals surface area contributed by atoms with Gasteiger partial charge in [0, 0.05) is 16.7 Å². The zero-order valence-corrected chi connectivity index (χ0v) is 12.5. The first-order valence-electron chi connectivity index (χ1n) is 6.99. The standard InChI is InChI=1S/C17H22OS/c1-3-17(4-2,14-9-6-5-7-10-14)16(18)13-15-11-8-12-19-15/h5-12,16,18H,3-4,13H2,1-2H3. The molecule has 0 aliphatic carbocycles. The van der Waals surface area contributed by atoms with E-state index in [0.717, 1.165) is 19.3 Å². The van der Waals surface area contributed by atoms with Gasteiger partial charge in [0.15, 0.2) is 0 Å². The van der Waals surface area contributed by atoms with E-state index in [1.165, 1.54) is 10.4 Å². The molecule has 1 atom stereocenters. The molecule has 0 bridgehead atoms. The molecule has 0 spiro atoms. The molecule has 2 rings (SSSR count). The number of aliphatic hydroxyl groups excluding tert-OH is 1. The van der Waals surface area contributed by atoms with Crippen LogP contribution < -0.4 is 0 Å². The topological polar surface area (TPSA) is 20.2 Å². The van der Waals surface area contributed by atoms with E-state index in [-0.39, 0.29) is 11.5 Å². The van der Waals surface area contributed by atoms with Gasteiger partial charge in [-0.05, 0) is 29.9 Å². The number of benzene rings is 1. The second kappa shape index (κ2) is 6.36. The van der Waals surface area contributed by atoms with Gasteiger partial charge in [-0.3, -0.25) is 0 Å². The lowest BCUT2D eigenvalue weighted by Gasteiger charge is -2.37. The molecule has 2 heteroatoms. The summed E-state index contributed by atoms with van der Waals surface area (Å²) in [6, 6.07) is 14.6. The molecule has 1 unspecified atom stereocenters. The number of rotatable bonds is 6. The molecule has 0 radical (unpaired) electrons. The van der Waals surface area contributed by atoms with Crippen molar-refractivity contribution in [2.45, 2.75) is 44.6 Å². The first-order valence-corrected chi connectivity index (χ1v) is 7.87. The average Bonchev–Trinajstić information content (AvgIpc) is 2.95. The molecular weight excluding hydrogens is 252 g/mol. The Bertz CT molecular complexity index is 471. The summed E-state index contributed by atoms with van der Waals surface area (Å²) >= 11 is 1.72. The zero-order valence-electron chi connectivity index (χ0n) is 11.7. The normalized spacial score (nSPS) is 13.4. The van der Waals surface area contributed by atoms with Gasteiger partial charge < -0.3 is 5.11 Å². The Balaban J connectivity index is 2.28. The molecular formula is C17H22OS. The Morgan fingerprint density at radius 2 is 1.74 bits per heavy atom. The maximum Gasteiger partial charge on any atom is 0.0684 e. The van der Waals surface area contributed by atoms with Gasteiger partial charge in [0.1, 0.15) is 0 Å². The number of hydrogen-bond acceptors (Lipinski definition) is 2. The monoisotopic (exact) mass is 274 g/mol. The molecule has 0 aliphatic heterocycles. The fourth-order valence-electron chi connectivity index (χ4n) is 2.91. The van der Waals surface area contributed by atoms with Gasteiger partial charge in [0.2, 0.25) is 0 Å². The van der Waals surface area contributed by atoms with Gasteiger partial charge in [0.25, 0.3) is 0 Å². The number of hydrogen-bond donors (Lipinski definition) is 1. The summed E-state index contributed by atoms with van der Waals surface area (Å²) in [4.78, 5) is 1.26. The molecule has 0 amide bonds. The SMILES string of the molecule is CCC(CC)(c1ccccc1)C(O)Cc1cccs1. The molecule has 1 nitrogen and oxygen atoms in total. The maximum absolute atomic E-state index is 10.8. The molecule has 0 aliphatic rings. The van der Waals surface area contributed by atoms with Crippen LogP contribution in [0.3, 0.4) is 0 Å². The average molecular weight is 274 g/mol. The van der Waals surface area contributed by atoms with E-state index in [1.54, 1.807) is 11.3 Å². The van der Waals surface area contributed by atoms with Crippen LogP contribution in [0.2, 0.25) is 0 Å². The quantitative estimate of drug-likeness (QED) is 0.827. The first kappa shape index (κ1) is 14.3. The third-order valence-corrected chi connectivity index (χ3v) is 5.12. The van der Waals surface area contributed by atoms with Gasteiger partial charge in [-0.2, -0.15) is 0 Å². The van der Waals surface area contributed by atoms with E-state index in [1.807, 2.05) is 6.07 Å². The smallest absolute Gasteiger partial charge is 0.0684 e. The first-order chi connectivity index (χ1) is 9.23. The van der Waals surface area contributed by atoms with Crippen molar-refractivity contribution in [1.29, 1.82) is 0 Å². The van der Waals surface area contributed by atoms with Gasteiger partial charge >= 0.3 is 0 Å². The van der Waals surface area contributed by atoms with E-state index in [0.29, 0.717) is 0 Å². The molecule has 1 aromatic carbocycles. The third kappa shape index (κ3) is 2.90. The highest BCUT2D eigenvalue weighted by Gasteiger charge is 2.36. The highest BCUT2D eigenvalue weighted by atomic mass is 32.1. The molecule has 0 saturated carbocycles. The molecule has 19 heavy (non-hydrogen) atoms. The van der Waals surface area contributed by atoms with Gasteiger partial charge in [0.05, 0.1) is 6.10 Å². The lowest BCUT2D eigenvalue weighted by atomic mass is 9.70. The van der Waals surface area contributed by atoms with Crippen molar-refractivity contribution in [2.75, 3.05) is 0 Å². The minimum atomic E-state index is -0.330. The fourth-order valence-corrected chi connectivity index (χ4v) is 3.65. The summed E-state index contributed by atoms with van der Waals surface area (Å²) in [6.07, 6.45) is 2.33. The third-order valence-electron chi connectivity index (χ3n) is 4.22. The Kier molecular flexibility index (Phi) is 4.78. The van der Waals surface area contributed by atoms with Crippen molar-refractivity contribution in [3.8, 4) is 0 Å². The van der Waals surface area contributed by atoms with Crippen LogP contribution in [0.15, 0.2) is 47.8 Å². The van der Waals surface area contributed by atoms with Crippen LogP contribution in [0, 0.1) is 0 Å². The van der Waals surface area contributed by atoms with E-state index < -0.39 is 0 Å². The van der Waals surface area contributed by atoms with Crippen molar-refractivity contribution < 1.29 is 5.11 Å². The summed E-state index contributed by atoms with van der Waals surface area (Å²) in [5.41, 5.74) is 1.12. The summed E-state index contributed by atoms with van der Waals surface area (Å²) < 4.78 is 0. The van der Waals surface area contributed by atoms with Crippen LogP contribution in [0.5, 0.6) is 0 Å². The molecule has 2 aromatic rings. The van der Waals surface area contributed by atoms with E-state index in [2.05, 4.69) is 55.6 Å². The molecule has 102 valence electrons. The lowest BCUT2D eigenvalue weighted by Crippen LogP contribution is -2.39. The lowest BCUT2D eigenvalue weighted by molar-refractivity contribution is 0.0740. The molecule has 1 N–H and O–H groups in total. The Morgan fingerprint density at radius 1 is 1.05 bits per heavy atom. The van der Waals surface area contributed by atoms with Crippen molar-refractivity contribution in [3.63, 3.8) is 0 Å². The minimum Gasteiger partial charge on any atom is -0.392 e. The van der Waals surface area contributed by atoms with Crippen molar-refractivity contribution >= 4 is 11.3 Å². The predicted molar refractivity (Wildman–Crippen MR) is 82.7 cm³/mol. The highest BCUT2D eigenvalue weighted by Crippen LogP contribution is 2.37. The molecule has 0 fully saturated rings. The van der Waals surface area contributed by atoms with Gasteiger partial charge in [-0.25, -0.2) is 0 Å². The predicted octanol–water partition coefficient (Wildman–Crippen LogP) is 4.41. The summed E-state index contributed by atoms with van der Waals surface area (Å²) in [5, 5.41) is 12.9. The summed E-state index contributed by atoms with van der Waals surface area (Å²) in [5.74, 6) is 0. The van der Waals surface area contributed by atoms with Crippen molar-refractivity contribution in [3.05, 3.63) is 58.3 Å². The minimum absolute atomic E-state index is 0.134. The van der Waals surface area contributed by atoms with Crippen LogP contribution in [-0.4, -0.2) is 11.2 Å². The Morgan fingerprint density at radius 3 is 2.26 bits per heavy atom. The van der Waals surface area contributed by atoms with Crippen LogP contribution in [-0.2, 0) is 11.8 Å². The second-order valence-electron chi connectivity index (χ2n) is 5.03. The van der Waals surface area contributed by atoms with Gasteiger partial charge in [-0.15, -0.1) is 11.3 Å². The number of thiophene rings is 1. The van der Waals surface area contributed by atoms with E-state index >= 15 is 0 Å². The van der Waals surface area contributed by atoms with Gasteiger partial charge in [-0.1, -0.05) is 50.2 Å². The van der Waals surface area contributed by atoms with E-state index in [4.69, 9.17) is 0 Å². The molecule has 1 aromatic heterocycles. The highest BCUT2D eigenvalue weighted by molar-refractivity contribution is 7.09. The fraction of sp³-hybridized carbons (Fsp3) is 0.412. The number of aliphatic hydroxyl groups is 1. The Labute approximate surface area is 119 Å². The molecule has 0 saturated heterocycles. The van der Waals surface area contributed by atoms with E-state index in [9.17, 15) is 5.11 Å².